The first kappa shape index (κ1) is 29.5. The van der Waals surface area contributed by atoms with E-state index in [0.29, 0.717) is 13.1 Å². The molecule has 0 saturated heterocycles. The largest absolute Gasteiger partial charge is 0.660 e. The Hall–Kier alpha value is -1.68. The van der Waals surface area contributed by atoms with Gasteiger partial charge in [0.2, 0.25) is 0 Å². The maximum atomic E-state index is 6.75. The zero-order valence-electron chi connectivity index (χ0n) is 8.79. The summed E-state index contributed by atoms with van der Waals surface area (Å²) in [6, 6.07) is 0. The second kappa shape index (κ2) is 63.6. The van der Waals surface area contributed by atoms with Crippen LogP contribution >= 0.6 is 0 Å². The van der Waals surface area contributed by atoms with E-state index in [1.807, 2.05) is 0 Å². The first-order valence-corrected chi connectivity index (χ1v) is 3.65. The van der Waals surface area contributed by atoms with E-state index in [0.717, 1.165) is 13.1 Å². The Morgan fingerprint density at radius 2 is 0.882 bits per heavy atom. The van der Waals surface area contributed by atoms with E-state index in [9.17, 15) is 0 Å². The molecule has 0 bridgehead atoms. The molecule has 0 atom stereocenters. The van der Waals surface area contributed by atoms with Crippen molar-refractivity contribution < 1.29 is 16.8 Å². The van der Waals surface area contributed by atoms with Gasteiger partial charge in [-0.3, -0.25) is 14.7 Å². The quantitative estimate of drug-likeness (QED) is 0.340. The summed E-state index contributed by atoms with van der Waals surface area (Å²) in [7, 11) is 0. The van der Waals surface area contributed by atoms with Crippen LogP contribution in [0.5, 0.6) is 0 Å². The third-order valence-electron chi connectivity index (χ3n) is 0.574. The minimum absolute atomic E-state index is 0. The summed E-state index contributed by atoms with van der Waals surface area (Å²) in [6.07, 6.45) is 0. The molecular formula is C4H12CoN12-4. The standard InChI is InChI=1S/C4H12N3.Co.3N3/c5-1-3-7-4-2-6;;3*1-3-2/h1-6H2;;;;/q-1;;3*-1. The van der Waals surface area contributed by atoms with E-state index in [1.165, 1.54) is 14.7 Å². The summed E-state index contributed by atoms with van der Waals surface area (Å²) in [5.74, 6) is 0. The maximum absolute atomic E-state index is 6.75. The van der Waals surface area contributed by atoms with Crippen molar-refractivity contribution in [1.82, 2.24) is 0 Å². The molecule has 0 saturated carbocycles. The van der Waals surface area contributed by atoms with Gasteiger partial charge in [0.1, 0.15) is 0 Å². The van der Waals surface area contributed by atoms with Crippen molar-refractivity contribution in [3.8, 4) is 0 Å². The van der Waals surface area contributed by atoms with Crippen LogP contribution in [0.4, 0.5) is 0 Å². The van der Waals surface area contributed by atoms with Gasteiger partial charge in [-0.05, 0) is 13.1 Å². The molecule has 0 aromatic carbocycles. The molecule has 0 spiro atoms. The van der Waals surface area contributed by atoms with Crippen molar-refractivity contribution >= 4 is 0 Å². The summed E-state index contributed by atoms with van der Waals surface area (Å²) in [5.41, 5.74) is 50.8. The zero-order chi connectivity index (χ0) is 13.7. The minimum Gasteiger partial charge on any atom is -0.660 e. The van der Waals surface area contributed by atoms with E-state index in [-0.39, 0.29) is 16.8 Å². The third-order valence-corrected chi connectivity index (χ3v) is 0.574. The molecule has 0 aromatic heterocycles. The Labute approximate surface area is 108 Å². The average molecular weight is 287 g/mol. The van der Waals surface area contributed by atoms with Crippen LogP contribution in [0.15, 0.2) is 0 Å². The molecule has 0 aliphatic heterocycles. The van der Waals surface area contributed by atoms with Crippen LogP contribution in [0.1, 0.15) is 0 Å². The average Bonchev–Trinajstić information content (AvgIpc) is 2.22. The van der Waals surface area contributed by atoms with E-state index in [4.69, 9.17) is 44.7 Å². The number of hydrogen-bond donors (Lipinski definition) is 2. The van der Waals surface area contributed by atoms with Crippen molar-refractivity contribution in [2.45, 2.75) is 0 Å². The van der Waals surface area contributed by atoms with Crippen LogP contribution in [0, 0.1) is 0 Å². The molecule has 101 valence electrons. The van der Waals surface area contributed by atoms with Crippen molar-refractivity contribution in [3.05, 3.63) is 53.2 Å². The van der Waals surface area contributed by atoms with E-state index in [2.05, 4.69) is 5.32 Å². The van der Waals surface area contributed by atoms with Gasteiger partial charge in [0.25, 0.3) is 0 Å². The smallest absolute Gasteiger partial charge is 0 e. The number of nitrogens with two attached hydrogens (primary N) is 2. The van der Waals surface area contributed by atoms with E-state index in [1.54, 1.807) is 0 Å². The van der Waals surface area contributed by atoms with Crippen molar-refractivity contribution in [2.75, 3.05) is 26.2 Å². The predicted molar refractivity (Wildman–Crippen MR) is 61.4 cm³/mol. The van der Waals surface area contributed by atoms with Crippen LogP contribution in [0.3, 0.4) is 0 Å². The fraction of sp³-hybridized carbons (Fsp3) is 1.00. The first-order chi connectivity index (χ1) is 7.66. The predicted octanol–water partition coefficient (Wildman–Crippen LogP) is 1.87. The molecule has 0 rings (SSSR count). The minimum atomic E-state index is 0. The van der Waals surface area contributed by atoms with Gasteiger partial charge in [-0.15, -0.1) is 13.1 Å². The summed E-state index contributed by atoms with van der Waals surface area (Å²) >= 11 is 0. The maximum Gasteiger partial charge on any atom is 0 e. The molecule has 17 heavy (non-hydrogen) atoms. The van der Waals surface area contributed by atoms with Gasteiger partial charge < -0.3 is 50.0 Å². The summed E-state index contributed by atoms with van der Waals surface area (Å²) in [4.78, 5) is 4.50. The van der Waals surface area contributed by atoms with Gasteiger partial charge in [0.05, 0.1) is 0 Å². The van der Waals surface area contributed by atoms with Crippen molar-refractivity contribution in [2.24, 2.45) is 11.5 Å². The zero-order valence-corrected chi connectivity index (χ0v) is 9.83. The Morgan fingerprint density at radius 1 is 0.706 bits per heavy atom. The molecule has 0 amide bonds. The van der Waals surface area contributed by atoms with Crippen LogP contribution in [-0.2, 0) is 16.8 Å². The second-order valence-electron chi connectivity index (χ2n) is 1.52. The van der Waals surface area contributed by atoms with Crippen LogP contribution in [-0.4, -0.2) is 26.2 Å². The molecule has 0 unspecified atom stereocenters. The Morgan fingerprint density at radius 3 is 1.00 bits per heavy atom. The van der Waals surface area contributed by atoms with E-state index < -0.39 is 0 Å². The van der Waals surface area contributed by atoms with Gasteiger partial charge in [-0.25, -0.2) is 0 Å². The Kier molecular flexibility index (Phi) is 110. The fourth-order valence-electron chi connectivity index (χ4n) is 0.294. The molecule has 0 heterocycles. The van der Waals surface area contributed by atoms with Gasteiger partial charge in [-0.1, -0.05) is 0 Å². The molecule has 12 nitrogen and oxygen atoms in total. The fourth-order valence-corrected chi connectivity index (χ4v) is 0.294. The van der Waals surface area contributed by atoms with Gasteiger partial charge in [0.15, 0.2) is 0 Å². The molecular weight excluding hydrogens is 275 g/mol. The van der Waals surface area contributed by atoms with Crippen LogP contribution in [0.2, 0.25) is 0 Å². The second-order valence-corrected chi connectivity index (χ2v) is 1.52. The third kappa shape index (κ3) is 405. The molecule has 4 N–H and O–H groups in total. The summed E-state index contributed by atoms with van der Waals surface area (Å²) in [5, 5.41) is 3.96. The molecule has 0 aliphatic rings. The molecule has 1 radical (unpaired) electrons. The summed E-state index contributed by atoms with van der Waals surface area (Å²) < 4.78 is 0. The molecule has 0 aliphatic carbocycles. The van der Waals surface area contributed by atoms with Gasteiger partial charge >= 0.3 is 0 Å². The SMILES string of the molecule is NCC[N-]CCN.[Co].[N-]=[N+]=[N-].[N-]=[N+]=[N-].[N-]=[N+]=[N-]. The van der Waals surface area contributed by atoms with Gasteiger partial charge in [0, 0.05) is 16.8 Å². The van der Waals surface area contributed by atoms with Crippen molar-refractivity contribution in [3.63, 3.8) is 0 Å². The van der Waals surface area contributed by atoms with Gasteiger partial charge in [-0.2, -0.15) is 0 Å². The normalized spacial score (nSPS) is 5.29. The first-order valence-electron chi connectivity index (χ1n) is 3.65. The molecule has 0 fully saturated rings. The van der Waals surface area contributed by atoms with Crippen LogP contribution in [0.25, 0.3) is 53.2 Å². The number of nitrogens with zero attached hydrogens (tertiary/aromatic N) is 10. The van der Waals surface area contributed by atoms with E-state index >= 15 is 0 Å². The van der Waals surface area contributed by atoms with Crippen molar-refractivity contribution in [1.29, 1.82) is 0 Å². The number of rotatable bonds is 4. The monoisotopic (exact) mass is 287 g/mol. The molecule has 0 aromatic rings. The Bertz CT molecular complexity index is 164. The summed E-state index contributed by atoms with van der Waals surface area (Å²) in [6.45, 7) is 2.77. The topological polar surface area (TPSA) is 242 Å². The number of hydrogen-bond acceptors (Lipinski definition) is 2. The Balaban J connectivity index is -0.0000000411. The van der Waals surface area contributed by atoms with Crippen LogP contribution < -0.4 is 11.5 Å². The molecule has 13 heteroatoms.